The summed E-state index contributed by atoms with van der Waals surface area (Å²) in [6.45, 7) is 5.61. The first-order chi connectivity index (χ1) is 9.46. The second-order valence-corrected chi connectivity index (χ2v) is 5.58. The lowest BCUT2D eigenvalue weighted by atomic mass is 10.0. The number of nitrogens with zero attached hydrogens (tertiary/aromatic N) is 2. The van der Waals surface area contributed by atoms with Crippen LogP contribution < -0.4 is 4.90 Å². The van der Waals surface area contributed by atoms with E-state index in [0.29, 0.717) is 25.4 Å². The van der Waals surface area contributed by atoms with Gasteiger partial charge in [0.2, 0.25) is 0 Å². The third-order valence-electron chi connectivity index (χ3n) is 3.28. The van der Waals surface area contributed by atoms with E-state index in [1.165, 1.54) is 6.07 Å². The average molecular weight is 278 g/mol. The molecule has 0 spiro atoms. The van der Waals surface area contributed by atoms with Crippen LogP contribution in [0.3, 0.4) is 0 Å². The number of methoxy groups -OCH3 is 1. The molecule has 1 heterocycles. The minimum Gasteiger partial charge on any atom is -0.382 e. The van der Waals surface area contributed by atoms with Crippen molar-refractivity contribution in [1.82, 2.24) is 0 Å². The summed E-state index contributed by atoms with van der Waals surface area (Å²) in [5, 5.41) is 9.16. The van der Waals surface area contributed by atoms with Gasteiger partial charge in [0.1, 0.15) is 17.4 Å². The maximum atomic E-state index is 13.7. The highest BCUT2D eigenvalue weighted by Crippen LogP contribution is 2.29. The van der Waals surface area contributed by atoms with E-state index in [2.05, 4.69) is 0 Å². The van der Waals surface area contributed by atoms with E-state index < -0.39 is 5.82 Å². The summed E-state index contributed by atoms with van der Waals surface area (Å²) in [5.74, 6) is -0.488. The maximum absolute atomic E-state index is 13.7. The van der Waals surface area contributed by atoms with Gasteiger partial charge in [0, 0.05) is 20.2 Å². The van der Waals surface area contributed by atoms with Crippen LogP contribution in [0.2, 0.25) is 0 Å². The van der Waals surface area contributed by atoms with Crippen LogP contribution in [0.5, 0.6) is 0 Å². The first-order valence-corrected chi connectivity index (χ1v) is 6.57. The molecule has 1 aromatic carbocycles. The standard InChI is InChI=1S/C15H19FN2O2/c1-15(2)10-18(8-11(20-15)9-19-3)14-6-4-5-13(16)12(14)7-17/h4-6,11H,8-10H2,1-3H3. The van der Waals surface area contributed by atoms with Crippen molar-refractivity contribution in [3.05, 3.63) is 29.6 Å². The molecule has 0 aromatic heterocycles. The van der Waals surface area contributed by atoms with Gasteiger partial charge in [0.05, 0.1) is 24.0 Å². The van der Waals surface area contributed by atoms with E-state index in [-0.39, 0.29) is 17.3 Å². The fraction of sp³-hybridized carbons (Fsp3) is 0.533. The molecule has 1 saturated heterocycles. The number of nitriles is 1. The Balaban J connectivity index is 2.32. The normalized spacial score (nSPS) is 21.6. The molecule has 0 bridgehead atoms. The van der Waals surface area contributed by atoms with E-state index in [0.717, 1.165) is 0 Å². The zero-order valence-corrected chi connectivity index (χ0v) is 12.0. The van der Waals surface area contributed by atoms with Gasteiger partial charge in [-0.3, -0.25) is 0 Å². The third kappa shape index (κ3) is 3.09. The lowest BCUT2D eigenvalue weighted by molar-refractivity contribution is -0.106. The molecule has 0 radical (unpaired) electrons. The van der Waals surface area contributed by atoms with Crippen LogP contribution in [0, 0.1) is 17.1 Å². The second-order valence-electron chi connectivity index (χ2n) is 5.58. The molecule has 108 valence electrons. The molecular formula is C15H19FN2O2. The quantitative estimate of drug-likeness (QED) is 0.851. The van der Waals surface area contributed by atoms with Gasteiger partial charge in [-0.2, -0.15) is 5.26 Å². The number of halogens is 1. The Morgan fingerprint density at radius 2 is 2.30 bits per heavy atom. The lowest BCUT2D eigenvalue weighted by Crippen LogP contribution is -2.54. The fourth-order valence-corrected chi connectivity index (χ4v) is 2.64. The largest absolute Gasteiger partial charge is 0.382 e. The monoisotopic (exact) mass is 278 g/mol. The van der Waals surface area contributed by atoms with Crippen LogP contribution in [0.25, 0.3) is 0 Å². The Morgan fingerprint density at radius 1 is 1.55 bits per heavy atom. The van der Waals surface area contributed by atoms with Gasteiger partial charge in [-0.1, -0.05) is 6.07 Å². The molecular weight excluding hydrogens is 259 g/mol. The SMILES string of the molecule is COCC1CN(c2cccc(F)c2C#N)CC(C)(C)O1. The fourth-order valence-electron chi connectivity index (χ4n) is 2.64. The molecule has 0 N–H and O–H groups in total. The summed E-state index contributed by atoms with van der Waals surface area (Å²) in [5.41, 5.74) is 0.326. The molecule has 1 unspecified atom stereocenters. The van der Waals surface area contributed by atoms with Crippen molar-refractivity contribution >= 4 is 5.69 Å². The van der Waals surface area contributed by atoms with E-state index in [4.69, 9.17) is 14.7 Å². The number of rotatable bonds is 3. The zero-order valence-electron chi connectivity index (χ0n) is 12.0. The Kier molecular flexibility index (Phi) is 4.26. The van der Waals surface area contributed by atoms with Crippen molar-refractivity contribution in [1.29, 1.82) is 5.26 Å². The molecule has 1 atom stereocenters. The van der Waals surface area contributed by atoms with Gasteiger partial charge in [-0.25, -0.2) is 4.39 Å². The number of hydrogen-bond acceptors (Lipinski definition) is 4. The van der Waals surface area contributed by atoms with Gasteiger partial charge in [-0.15, -0.1) is 0 Å². The molecule has 0 aliphatic carbocycles. The van der Waals surface area contributed by atoms with Gasteiger partial charge in [-0.05, 0) is 26.0 Å². The zero-order chi connectivity index (χ0) is 14.8. The first kappa shape index (κ1) is 14.8. The van der Waals surface area contributed by atoms with Gasteiger partial charge in [0.25, 0.3) is 0 Å². The smallest absolute Gasteiger partial charge is 0.143 e. The minimum atomic E-state index is -0.488. The predicted molar refractivity (Wildman–Crippen MR) is 74.2 cm³/mol. The minimum absolute atomic E-state index is 0.0846. The highest BCUT2D eigenvalue weighted by Gasteiger charge is 2.34. The summed E-state index contributed by atoms with van der Waals surface area (Å²) in [6.07, 6.45) is -0.0986. The molecule has 0 amide bonds. The van der Waals surface area contributed by atoms with Crippen molar-refractivity contribution in [3.63, 3.8) is 0 Å². The Bertz CT molecular complexity index is 525. The van der Waals surface area contributed by atoms with Crippen LogP contribution in [-0.2, 0) is 9.47 Å². The molecule has 1 aliphatic rings. The summed E-state index contributed by atoms with van der Waals surface area (Å²) in [7, 11) is 1.62. The van der Waals surface area contributed by atoms with E-state index in [1.807, 2.05) is 24.8 Å². The van der Waals surface area contributed by atoms with Crippen LogP contribution in [0.4, 0.5) is 10.1 Å². The van der Waals surface area contributed by atoms with E-state index in [9.17, 15) is 4.39 Å². The summed E-state index contributed by atoms with van der Waals surface area (Å²) in [4.78, 5) is 1.99. The van der Waals surface area contributed by atoms with Crippen molar-refractivity contribution in [3.8, 4) is 6.07 Å². The summed E-state index contributed by atoms with van der Waals surface area (Å²) >= 11 is 0. The third-order valence-corrected chi connectivity index (χ3v) is 3.28. The molecule has 1 fully saturated rings. The highest BCUT2D eigenvalue weighted by molar-refractivity contribution is 5.60. The van der Waals surface area contributed by atoms with Gasteiger partial charge >= 0.3 is 0 Å². The molecule has 20 heavy (non-hydrogen) atoms. The maximum Gasteiger partial charge on any atom is 0.143 e. The van der Waals surface area contributed by atoms with Crippen molar-refractivity contribution in [2.45, 2.75) is 25.6 Å². The van der Waals surface area contributed by atoms with E-state index in [1.54, 1.807) is 19.2 Å². The van der Waals surface area contributed by atoms with Gasteiger partial charge < -0.3 is 14.4 Å². The van der Waals surface area contributed by atoms with Crippen molar-refractivity contribution in [2.75, 3.05) is 31.7 Å². The Morgan fingerprint density at radius 3 is 2.95 bits per heavy atom. The number of hydrogen-bond donors (Lipinski definition) is 0. The van der Waals surface area contributed by atoms with Crippen molar-refractivity contribution < 1.29 is 13.9 Å². The molecule has 0 saturated carbocycles. The first-order valence-electron chi connectivity index (χ1n) is 6.57. The molecule has 2 rings (SSSR count). The van der Waals surface area contributed by atoms with Crippen LogP contribution in [0.1, 0.15) is 19.4 Å². The van der Waals surface area contributed by atoms with Gasteiger partial charge in [0.15, 0.2) is 0 Å². The second kappa shape index (κ2) is 5.78. The number of anilines is 1. The number of ether oxygens (including phenoxy) is 2. The van der Waals surface area contributed by atoms with Crippen LogP contribution in [-0.4, -0.2) is 38.5 Å². The predicted octanol–water partition coefficient (Wildman–Crippen LogP) is 2.33. The molecule has 1 aliphatic heterocycles. The Hall–Kier alpha value is -1.64. The van der Waals surface area contributed by atoms with Crippen molar-refractivity contribution in [2.24, 2.45) is 0 Å². The summed E-state index contributed by atoms with van der Waals surface area (Å²) < 4.78 is 24.8. The average Bonchev–Trinajstić information content (AvgIpc) is 2.37. The topological polar surface area (TPSA) is 45.5 Å². The number of benzene rings is 1. The van der Waals surface area contributed by atoms with Crippen LogP contribution in [0.15, 0.2) is 18.2 Å². The summed E-state index contributed by atoms with van der Waals surface area (Å²) in [6, 6.07) is 6.65. The number of morpholine rings is 1. The molecule has 1 aromatic rings. The highest BCUT2D eigenvalue weighted by atomic mass is 19.1. The molecule has 5 heteroatoms. The van der Waals surface area contributed by atoms with E-state index >= 15 is 0 Å². The Labute approximate surface area is 118 Å². The molecule has 4 nitrogen and oxygen atoms in total. The van der Waals surface area contributed by atoms with Crippen LogP contribution >= 0.6 is 0 Å². The lowest BCUT2D eigenvalue weighted by Gasteiger charge is -2.44.